The number of nitrogens with zero attached hydrogens (tertiary/aromatic N) is 2. The summed E-state index contributed by atoms with van der Waals surface area (Å²) in [6.07, 6.45) is 2.61. The van der Waals surface area contributed by atoms with Gasteiger partial charge in [-0.25, -0.2) is 0 Å². The average molecular weight is 207 g/mol. The molecule has 1 aromatic heterocycles. The molecule has 3 nitrogen and oxygen atoms in total. The predicted molar refractivity (Wildman–Crippen MR) is 61.8 cm³/mol. The van der Waals surface area contributed by atoms with Gasteiger partial charge in [-0.05, 0) is 46.6 Å². The number of aromatic nitrogens is 2. The Hall–Kier alpha value is -0.830. The van der Waals surface area contributed by atoms with E-state index >= 15 is 0 Å². The summed E-state index contributed by atoms with van der Waals surface area (Å²) in [5.41, 5.74) is 8.33. The van der Waals surface area contributed by atoms with E-state index in [1.165, 1.54) is 18.5 Å². The molecule has 2 rings (SSSR count). The van der Waals surface area contributed by atoms with Crippen LogP contribution in [0.4, 0.5) is 0 Å². The number of hydrogen-bond donors (Lipinski definition) is 1. The van der Waals surface area contributed by atoms with E-state index in [0.29, 0.717) is 0 Å². The molecular formula is C12H21N3. The third kappa shape index (κ3) is 2.07. The SMILES string of the molecule is CC(N)c1cc(C2CC2)n(C(C)(C)C)n1. The van der Waals surface area contributed by atoms with Crippen molar-refractivity contribution in [3.05, 3.63) is 17.5 Å². The molecule has 0 amide bonds. The van der Waals surface area contributed by atoms with Gasteiger partial charge in [0.1, 0.15) is 0 Å². The molecular weight excluding hydrogens is 186 g/mol. The van der Waals surface area contributed by atoms with E-state index in [0.717, 1.165) is 11.6 Å². The normalized spacial score (nSPS) is 19.3. The lowest BCUT2D eigenvalue weighted by Gasteiger charge is -2.22. The molecule has 0 bridgehead atoms. The fourth-order valence-corrected chi connectivity index (χ4v) is 1.84. The van der Waals surface area contributed by atoms with E-state index in [1.54, 1.807) is 0 Å². The zero-order valence-electron chi connectivity index (χ0n) is 10.1. The molecule has 2 N–H and O–H groups in total. The molecule has 1 saturated carbocycles. The second-order valence-corrected chi connectivity index (χ2v) is 5.64. The molecule has 1 atom stereocenters. The summed E-state index contributed by atoms with van der Waals surface area (Å²) in [5.74, 6) is 0.726. The molecule has 0 aliphatic heterocycles. The molecule has 3 heteroatoms. The van der Waals surface area contributed by atoms with Crippen molar-refractivity contribution in [1.29, 1.82) is 0 Å². The largest absolute Gasteiger partial charge is 0.323 e. The monoisotopic (exact) mass is 207 g/mol. The Balaban J connectivity index is 2.42. The molecule has 1 heterocycles. The van der Waals surface area contributed by atoms with Gasteiger partial charge in [-0.3, -0.25) is 4.68 Å². The second-order valence-electron chi connectivity index (χ2n) is 5.64. The standard InChI is InChI=1S/C12H21N3/c1-8(13)10-7-11(9-5-6-9)15(14-10)12(2,3)4/h7-9H,5-6,13H2,1-4H3. The minimum Gasteiger partial charge on any atom is -0.323 e. The van der Waals surface area contributed by atoms with Crippen LogP contribution in [0.5, 0.6) is 0 Å². The van der Waals surface area contributed by atoms with Crippen LogP contribution in [0.25, 0.3) is 0 Å². The van der Waals surface area contributed by atoms with Crippen molar-refractivity contribution in [1.82, 2.24) is 9.78 Å². The Morgan fingerprint density at radius 3 is 2.47 bits per heavy atom. The third-order valence-electron chi connectivity index (χ3n) is 2.85. The van der Waals surface area contributed by atoms with Gasteiger partial charge in [-0.2, -0.15) is 5.10 Å². The van der Waals surface area contributed by atoms with Crippen LogP contribution in [0.15, 0.2) is 6.07 Å². The fraction of sp³-hybridized carbons (Fsp3) is 0.750. The molecule has 0 saturated heterocycles. The number of hydrogen-bond acceptors (Lipinski definition) is 2. The van der Waals surface area contributed by atoms with Crippen LogP contribution in [0.1, 0.15) is 63.9 Å². The Labute approximate surface area is 91.7 Å². The Morgan fingerprint density at radius 1 is 1.47 bits per heavy atom. The van der Waals surface area contributed by atoms with E-state index in [4.69, 9.17) is 5.73 Å². The lowest BCUT2D eigenvalue weighted by molar-refractivity contribution is 0.340. The summed E-state index contributed by atoms with van der Waals surface area (Å²) < 4.78 is 2.16. The van der Waals surface area contributed by atoms with Gasteiger partial charge in [-0.15, -0.1) is 0 Å². The second kappa shape index (κ2) is 3.34. The molecule has 0 radical (unpaired) electrons. The summed E-state index contributed by atoms with van der Waals surface area (Å²) >= 11 is 0. The van der Waals surface area contributed by atoms with Crippen LogP contribution in [-0.2, 0) is 5.54 Å². The Morgan fingerprint density at radius 2 is 2.07 bits per heavy atom. The van der Waals surface area contributed by atoms with Gasteiger partial charge in [0.15, 0.2) is 0 Å². The van der Waals surface area contributed by atoms with E-state index in [-0.39, 0.29) is 11.6 Å². The smallest absolute Gasteiger partial charge is 0.0792 e. The van der Waals surface area contributed by atoms with Crippen LogP contribution in [0, 0.1) is 0 Å². The Bertz CT molecular complexity index is 353. The van der Waals surface area contributed by atoms with Gasteiger partial charge >= 0.3 is 0 Å². The van der Waals surface area contributed by atoms with Gasteiger partial charge in [0.2, 0.25) is 0 Å². The highest BCUT2D eigenvalue weighted by atomic mass is 15.3. The summed E-state index contributed by atoms with van der Waals surface area (Å²) in [7, 11) is 0. The van der Waals surface area contributed by atoms with Crippen molar-refractivity contribution >= 4 is 0 Å². The summed E-state index contributed by atoms with van der Waals surface area (Å²) in [5, 5.41) is 4.63. The lowest BCUT2D eigenvalue weighted by Crippen LogP contribution is -2.25. The van der Waals surface area contributed by atoms with Crippen LogP contribution >= 0.6 is 0 Å². The molecule has 1 aromatic rings. The molecule has 0 spiro atoms. The molecule has 1 aliphatic rings. The maximum absolute atomic E-state index is 5.88. The zero-order valence-corrected chi connectivity index (χ0v) is 10.1. The van der Waals surface area contributed by atoms with Gasteiger partial charge in [0.25, 0.3) is 0 Å². The molecule has 0 aromatic carbocycles. The van der Waals surface area contributed by atoms with Crippen molar-refractivity contribution in [3.63, 3.8) is 0 Å². The van der Waals surface area contributed by atoms with E-state index in [1.807, 2.05) is 6.92 Å². The molecule has 84 valence electrons. The van der Waals surface area contributed by atoms with Crippen molar-refractivity contribution in [2.75, 3.05) is 0 Å². The third-order valence-corrected chi connectivity index (χ3v) is 2.85. The highest BCUT2D eigenvalue weighted by Crippen LogP contribution is 2.42. The molecule has 1 aliphatic carbocycles. The van der Waals surface area contributed by atoms with Crippen LogP contribution in [-0.4, -0.2) is 9.78 Å². The Kier molecular flexibility index (Phi) is 2.38. The van der Waals surface area contributed by atoms with E-state index in [9.17, 15) is 0 Å². The molecule has 1 fully saturated rings. The maximum Gasteiger partial charge on any atom is 0.0792 e. The van der Waals surface area contributed by atoms with E-state index < -0.39 is 0 Å². The topological polar surface area (TPSA) is 43.8 Å². The summed E-state index contributed by atoms with van der Waals surface area (Å²) in [6, 6.07) is 2.22. The van der Waals surface area contributed by atoms with Crippen LogP contribution < -0.4 is 5.73 Å². The minimum absolute atomic E-state index is 0.0334. The van der Waals surface area contributed by atoms with Crippen molar-refractivity contribution in [3.8, 4) is 0 Å². The fourth-order valence-electron chi connectivity index (χ4n) is 1.84. The van der Waals surface area contributed by atoms with Crippen molar-refractivity contribution in [2.24, 2.45) is 5.73 Å². The first-order valence-electron chi connectivity index (χ1n) is 5.75. The first-order valence-corrected chi connectivity index (χ1v) is 5.75. The molecule has 1 unspecified atom stereocenters. The quantitative estimate of drug-likeness (QED) is 0.810. The van der Waals surface area contributed by atoms with Crippen LogP contribution in [0.3, 0.4) is 0 Å². The van der Waals surface area contributed by atoms with Crippen molar-refractivity contribution in [2.45, 2.75) is 58.0 Å². The number of nitrogens with two attached hydrogens (primary N) is 1. The predicted octanol–water partition coefficient (Wildman–Crippen LogP) is 2.54. The van der Waals surface area contributed by atoms with Crippen molar-refractivity contribution < 1.29 is 0 Å². The van der Waals surface area contributed by atoms with Gasteiger partial charge < -0.3 is 5.73 Å². The highest BCUT2D eigenvalue weighted by Gasteiger charge is 2.31. The van der Waals surface area contributed by atoms with Gasteiger partial charge in [0, 0.05) is 17.7 Å². The average Bonchev–Trinajstić information content (AvgIpc) is 2.81. The van der Waals surface area contributed by atoms with E-state index in [2.05, 4.69) is 36.6 Å². The highest BCUT2D eigenvalue weighted by molar-refractivity contribution is 5.22. The minimum atomic E-state index is 0.0334. The molecule has 15 heavy (non-hydrogen) atoms. The first kappa shape index (κ1) is 10.7. The first-order chi connectivity index (χ1) is 6.89. The van der Waals surface area contributed by atoms with Gasteiger partial charge in [-0.1, -0.05) is 0 Å². The lowest BCUT2D eigenvalue weighted by atomic mass is 10.1. The maximum atomic E-state index is 5.88. The summed E-state index contributed by atoms with van der Waals surface area (Å²) in [4.78, 5) is 0. The van der Waals surface area contributed by atoms with Gasteiger partial charge in [0.05, 0.1) is 11.2 Å². The zero-order chi connectivity index (χ0) is 11.2. The number of rotatable bonds is 2. The summed E-state index contributed by atoms with van der Waals surface area (Å²) in [6.45, 7) is 8.57. The van der Waals surface area contributed by atoms with Crippen LogP contribution in [0.2, 0.25) is 0 Å².